The van der Waals surface area contributed by atoms with Crippen molar-refractivity contribution in [1.29, 1.82) is 0 Å². The Morgan fingerprint density at radius 1 is 1.00 bits per heavy atom. The largest absolute Gasteiger partial charge is 0.339 e. The third kappa shape index (κ3) is 4.58. The normalized spacial score (nSPS) is 31.8. The molecule has 0 radical (unpaired) electrons. The molecule has 0 atom stereocenters. The van der Waals surface area contributed by atoms with E-state index in [4.69, 9.17) is 9.51 Å². The van der Waals surface area contributed by atoms with Crippen LogP contribution in [0.4, 0.5) is 10.1 Å². The van der Waals surface area contributed by atoms with Crippen molar-refractivity contribution in [2.24, 2.45) is 10.8 Å². The summed E-state index contributed by atoms with van der Waals surface area (Å²) in [7, 11) is 0. The highest BCUT2D eigenvalue weighted by Crippen LogP contribution is 2.71. The fourth-order valence-electron chi connectivity index (χ4n) is 8.06. The van der Waals surface area contributed by atoms with Crippen LogP contribution in [0.5, 0.6) is 0 Å². The first-order valence-electron chi connectivity index (χ1n) is 15.1. The van der Waals surface area contributed by atoms with Crippen LogP contribution in [0.1, 0.15) is 102 Å². The number of nitrogens with zero attached hydrogens (tertiary/aromatic N) is 5. The Morgan fingerprint density at radius 3 is 2.24 bits per heavy atom. The van der Waals surface area contributed by atoms with E-state index < -0.39 is 5.67 Å². The highest BCUT2D eigenvalue weighted by atomic mass is 19.1. The van der Waals surface area contributed by atoms with Gasteiger partial charge >= 0.3 is 0 Å². The molecule has 6 aliphatic rings. The first kappa shape index (κ1) is 26.7. The van der Waals surface area contributed by atoms with E-state index in [1.807, 2.05) is 48.5 Å². The first-order valence-corrected chi connectivity index (χ1v) is 15.1. The summed E-state index contributed by atoms with van der Waals surface area (Å²) in [6.07, 6.45) is 11.7. The number of rotatable bonds is 7. The molecule has 6 fully saturated rings. The first-order chi connectivity index (χ1) is 19.4. The Hall–Kier alpha value is -3.16. The van der Waals surface area contributed by atoms with E-state index in [1.54, 1.807) is 0 Å². The number of alkyl halides is 1. The molecule has 3 aromatic rings. The lowest BCUT2D eigenvalue weighted by Gasteiger charge is -2.66. The van der Waals surface area contributed by atoms with Gasteiger partial charge in [-0.1, -0.05) is 38.1 Å². The zero-order valence-electron chi connectivity index (χ0n) is 24.7. The maximum absolute atomic E-state index is 14.3. The highest BCUT2D eigenvalue weighted by molar-refractivity contribution is 5.94. The minimum Gasteiger partial charge on any atom is -0.339 e. The van der Waals surface area contributed by atoms with Crippen LogP contribution in [0.2, 0.25) is 0 Å². The van der Waals surface area contributed by atoms with E-state index in [9.17, 15) is 9.18 Å². The Balaban J connectivity index is 1.14. The minimum atomic E-state index is -1.01. The van der Waals surface area contributed by atoms with Crippen LogP contribution in [0, 0.1) is 17.8 Å². The molecule has 9 rings (SSSR count). The summed E-state index contributed by atoms with van der Waals surface area (Å²) in [5.74, 6) is 2.32. The zero-order chi connectivity index (χ0) is 28.7. The number of hydrogen-bond donors (Lipinski definition) is 0. The number of amides is 1. The van der Waals surface area contributed by atoms with E-state index >= 15 is 0 Å². The second kappa shape index (κ2) is 8.92. The summed E-state index contributed by atoms with van der Waals surface area (Å²) in [6.45, 7) is 8.94. The van der Waals surface area contributed by atoms with Crippen molar-refractivity contribution >= 4 is 11.6 Å². The molecule has 0 saturated heterocycles. The van der Waals surface area contributed by atoms with Crippen LogP contribution >= 0.6 is 0 Å². The van der Waals surface area contributed by atoms with Gasteiger partial charge in [-0.2, -0.15) is 4.98 Å². The van der Waals surface area contributed by atoms with Crippen LogP contribution in [-0.4, -0.2) is 38.2 Å². The van der Waals surface area contributed by atoms with E-state index in [0.29, 0.717) is 43.9 Å². The average Bonchev–Trinajstić information content (AvgIpc) is 3.44. The lowest BCUT2D eigenvalue weighted by atomic mass is 9.41. The SMILES string of the molecule is Cc1cnc(-c2cccc(N(CC34CCC(c5noc(C(C)(C)C)n5)(CC3)CC4)C(=O)CC34CC(F)(C3)C4)c2)nc1. The number of fused-ring (bicyclic) bond motifs is 3. The minimum absolute atomic E-state index is 0.0342. The fourth-order valence-corrected chi connectivity index (χ4v) is 8.06. The molecule has 1 amide bonds. The molecule has 2 heterocycles. The van der Waals surface area contributed by atoms with Gasteiger partial charge in [-0.25, -0.2) is 14.4 Å². The molecule has 0 aliphatic heterocycles. The summed E-state index contributed by atoms with van der Waals surface area (Å²) in [5.41, 5.74) is 1.47. The van der Waals surface area contributed by atoms with Crippen molar-refractivity contribution in [3.05, 3.63) is 53.9 Å². The molecule has 6 saturated carbocycles. The Bertz CT molecular complexity index is 1450. The van der Waals surface area contributed by atoms with Crippen molar-refractivity contribution in [3.8, 4) is 11.4 Å². The number of anilines is 1. The molecule has 6 aliphatic carbocycles. The number of carbonyl (C=O) groups is 1. The molecule has 0 unspecified atom stereocenters. The van der Waals surface area contributed by atoms with Crippen molar-refractivity contribution in [1.82, 2.24) is 20.1 Å². The number of hydrogen-bond acceptors (Lipinski definition) is 6. The van der Waals surface area contributed by atoms with Crippen LogP contribution < -0.4 is 4.90 Å². The zero-order valence-corrected chi connectivity index (χ0v) is 24.7. The van der Waals surface area contributed by atoms with E-state index in [1.165, 1.54) is 0 Å². The van der Waals surface area contributed by atoms with E-state index in [-0.39, 0.29) is 27.6 Å². The summed E-state index contributed by atoms with van der Waals surface area (Å²) >= 11 is 0. The Labute approximate surface area is 241 Å². The second-order valence-electron chi connectivity index (χ2n) is 14.9. The van der Waals surface area contributed by atoms with Gasteiger partial charge in [0.25, 0.3) is 0 Å². The van der Waals surface area contributed by atoms with Crippen molar-refractivity contribution < 1.29 is 13.7 Å². The predicted molar refractivity (Wildman–Crippen MR) is 154 cm³/mol. The molecule has 0 spiro atoms. The smallest absolute Gasteiger partial charge is 0.232 e. The Kier molecular flexibility index (Phi) is 5.81. The van der Waals surface area contributed by atoms with Gasteiger partial charge in [0.15, 0.2) is 11.6 Å². The number of carbonyl (C=O) groups excluding carboxylic acids is 1. The predicted octanol–water partition coefficient (Wildman–Crippen LogP) is 7.04. The molecule has 2 aromatic heterocycles. The maximum atomic E-state index is 14.3. The van der Waals surface area contributed by atoms with Gasteiger partial charge in [0.1, 0.15) is 5.67 Å². The second-order valence-corrected chi connectivity index (χ2v) is 14.9. The third-order valence-electron chi connectivity index (χ3n) is 10.5. The number of aromatic nitrogens is 4. The molecule has 1 aromatic carbocycles. The van der Waals surface area contributed by atoms with E-state index in [0.717, 1.165) is 61.2 Å². The molecule has 7 nitrogen and oxygen atoms in total. The maximum Gasteiger partial charge on any atom is 0.232 e. The van der Waals surface area contributed by atoms with Crippen molar-refractivity contribution in [3.63, 3.8) is 0 Å². The highest BCUT2D eigenvalue weighted by Gasteiger charge is 2.69. The third-order valence-corrected chi connectivity index (χ3v) is 10.5. The summed E-state index contributed by atoms with van der Waals surface area (Å²) in [4.78, 5) is 29.9. The monoisotopic (exact) mass is 557 g/mol. The van der Waals surface area contributed by atoms with Crippen molar-refractivity contribution in [2.45, 2.75) is 108 Å². The number of halogens is 1. The van der Waals surface area contributed by atoms with Crippen LogP contribution in [0.3, 0.4) is 0 Å². The quantitative estimate of drug-likeness (QED) is 0.310. The van der Waals surface area contributed by atoms with Crippen LogP contribution in [-0.2, 0) is 15.6 Å². The molecule has 8 heteroatoms. The number of benzene rings is 1. The molecular weight excluding hydrogens is 517 g/mol. The molecule has 216 valence electrons. The molecule has 41 heavy (non-hydrogen) atoms. The van der Waals surface area contributed by atoms with Gasteiger partial charge in [0, 0.05) is 47.4 Å². The summed E-state index contributed by atoms with van der Waals surface area (Å²) in [6, 6.07) is 8.05. The number of aryl methyl sites for hydroxylation is 1. The molecule has 4 bridgehead atoms. The summed E-state index contributed by atoms with van der Waals surface area (Å²) in [5, 5.41) is 4.45. The van der Waals surface area contributed by atoms with Crippen molar-refractivity contribution in [2.75, 3.05) is 11.4 Å². The van der Waals surface area contributed by atoms with Gasteiger partial charge in [-0.05, 0) is 93.2 Å². The van der Waals surface area contributed by atoms with E-state index in [2.05, 4.69) is 35.9 Å². The lowest BCUT2D eigenvalue weighted by Crippen LogP contribution is -2.65. The van der Waals surface area contributed by atoms with Gasteiger partial charge in [0.2, 0.25) is 11.8 Å². The van der Waals surface area contributed by atoms with Gasteiger partial charge in [0.05, 0.1) is 0 Å². The molecule has 0 N–H and O–H groups in total. The summed E-state index contributed by atoms with van der Waals surface area (Å²) < 4.78 is 20.0. The molecular formula is C33H40FN5O2. The van der Waals surface area contributed by atoms with Crippen LogP contribution in [0.15, 0.2) is 41.2 Å². The lowest BCUT2D eigenvalue weighted by molar-refractivity contribution is -0.215. The van der Waals surface area contributed by atoms with Gasteiger partial charge in [-0.15, -0.1) is 0 Å². The van der Waals surface area contributed by atoms with Crippen LogP contribution in [0.25, 0.3) is 11.4 Å². The van der Waals surface area contributed by atoms with Gasteiger partial charge < -0.3 is 9.42 Å². The average molecular weight is 558 g/mol. The fraction of sp³-hybridized carbons (Fsp3) is 0.606. The van der Waals surface area contributed by atoms with Gasteiger partial charge in [-0.3, -0.25) is 4.79 Å². The standard InChI is InChI=1S/C33H40FN5O2/c1-22-16-35-26(36-17-22)23-6-5-7-24(14-23)39(25(40)15-31-18-33(34,19-31)20-31)21-30-8-11-32(12-9-30,13-10-30)27-37-28(41-38-27)29(2,3)4/h5-7,14,16-17H,8-13,15,18-21H2,1-4H3. The topological polar surface area (TPSA) is 85.0 Å². The Morgan fingerprint density at radius 2 is 1.66 bits per heavy atom.